The molecule has 1 aliphatic rings. The Morgan fingerprint density at radius 3 is 2.39 bits per heavy atom. The van der Waals surface area contributed by atoms with Gasteiger partial charge in [0.1, 0.15) is 0 Å². The molecule has 0 fully saturated rings. The second kappa shape index (κ2) is 9.00. The summed E-state index contributed by atoms with van der Waals surface area (Å²) in [6.45, 7) is 0.511. The Morgan fingerprint density at radius 2 is 1.76 bits per heavy atom. The minimum atomic E-state index is -4.81. The standard InChI is InChI=1S/C24H15Cl2F3N2O2/c25-17-8-15(9-18(26)10-17)21(24(27,28)29)11-22(32)14-4-5-20-16(7-14)12-31(23(20)33)13-19-3-1-2-6-30-19/h1-11H,12-13H2/b21-11+. The van der Waals surface area contributed by atoms with Crippen LogP contribution in [0.15, 0.2) is 66.9 Å². The Hall–Kier alpha value is -3.16. The number of pyridine rings is 1. The van der Waals surface area contributed by atoms with Crippen molar-refractivity contribution in [1.82, 2.24) is 9.88 Å². The highest BCUT2D eigenvalue weighted by molar-refractivity contribution is 6.35. The minimum Gasteiger partial charge on any atom is -0.328 e. The van der Waals surface area contributed by atoms with E-state index in [2.05, 4.69) is 4.98 Å². The molecule has 0 radical (unpaired) electrons. The van der Waals surface area contributed by atoms with Crippen molar-refractivity contribution in [2.45, 2.75) is 19.3 Å². The zero-order chi connectivity index (χ0) is 23.8. The number of rotatable bonds is 5. The van der Waals surface area contributed by atoms with Crippen LogP contribution in [0.4, 0.5) is 13.2 Å². The van der Waals surface area contributed by atoms with E-state index in [1.54, 1.807) is 23.2 Å². The van der Waals surface area contributed by atoms with Crippen LogP contribution in [0.3, 0.4) is 0 Å². The predicted octanol–water partition coefficient (Wildman–Crippen LogP) is 6.37. The highest BCUT2D eigenvalue weighted by atomic mass is 35.5. The van der Waals surface area contributed by atoms with E-state index in [9.17, 15) is 22.8 Å². The number of nitrogens with zero attached hydrogens (tertiary/aromatic N) is 2. The molecule has 0 N–H and O–H groups in total. The van der Waals surface area contributed by atoms with Gasteiger partial charge in [0.25, 0.3) is 5.91 Å². The summed E-state index contributed by atoms with van der Waals surface area (Å²) in [6, 6.07) is 13.1. The molecule has 0 aliphatic carbocycles. The van der Waals surface area contributed by atoms with Crippen LogP contribution in [0, 0.1) is 0 Å². The van der Waals surface area contributed by atoms with Gasteiger partial charge in [0.05, 0.1) is 17.8 Å². The number of benzene rings is 2. The fourth-order valence-electron chi connectivity index (χ4n) is 3.60. The van der Waals surface area contributed by atoms with E-state index in [1.807, 2.05) is 6.07 Å². The summed E-state index contributed by atoms with van der Waals surface area (Å²) in [5, 5.41) is 0.0354. The van der Waals surface area contributed by atoms with Crippen LogP contribution in [-0.4, -0.2) is 27.8 Å². The zero-order valence-corrected chi connectivity index (χ0v) is 18.4. The number of carbonyl (C=O) groups is 2. The van der Waals surface area contributed by atoms with Crippen LogP contribution in [0.1, 0.15) is 37.5 Å². The lowest BCUT2D eigenvalue weighted by molar-refractivity contribution is -0.0689. The van der Waals surface area contributed by atoms with Crippen molar-refractivity contribution in [3.05, 3.63) is 105 Å². The molecule has 1 amide bonds. The van der Waals surface area contributed by atoms with Gasteiger partial charge in [0.15, 0.2) is 5.78 Å². The summed E-state index contributed by atoms with van der Waals surface area (Å²) in [7, 11) is 0. The molecule has 0 spiro atoms. The third kappa shape index (κ3) is 5.10. The van der Waals surface area contributed by atoms with E-state index in [1.165, 1.54) is 24.3 Å². The number of halogens is 5. The lowest BCUT2D eigenvalue weighted by Crippen LogP contribution is -2.23. The Bertz CT molecular complexity index is 1250. The second-order valence-corrected chi connectivity index (χ2v) is 8.31. The number of hydrogen-bond acceptors (Lipinski definition) is 3. The molecule has 0 bridgehead atoms. The van der Waals surface area contributed by atoms with Crippen LogP contribution >= 0.6 is 23.2 Å². The lowest BCUT2D eigenvalue weighted by atomic mass is 9.99. The molecule has 0 unspecified atom stereocenters. The van der Waals surface area contributed by atoms with E-state index < -0.39 is 17.5 Å². The van der Waals surface area contributed by atoms with Crippen LogP contribution < -0.4 is 0 Å². The van der Waals surface area contributed by atoms with E-state index >= 15 is 0 Å². The van der Waals surface area contributed by atoms with Gasteiger partial charge >= 0.3 is 6.18 Å². The molecule has 9 heteroatoms. The summed E-state index contributed by atoms with van der Waals surface area (Å²) in [4.78, 5) is 31.2. The third-order valence-electron chi connectivity index (χ3n) is 5.10. The van der Waals surface area contributed by atoms with Crippen LogP contribution in [0.2, 0.25) is 10.0 Å². The monoisotopic (exact) mass is 490 g/mol. The van der Waals surface area contributed by atoms with E-state index in [-0.39, 0.29) is 40.2 Å². The number of alkyl halides is 3. The minimum absolute atomic E-state index is 0.0177. The number of carbonyl (C=O) groups excluding carboxylic acids is 2. The van der Waals surface area contributed by atoms with E-state index in [0.717, 1.165) is 12.1 Å². The molecule has 1 aliphatic heterocycles. The van der Waals surface area contributed by atoms with Gasteiger partial charge in [0, 0.05) is 33.9 Å². The normalized spacial score (nSPS) is 13.9. The molecule has 2 aromatic carbocycles. The second-order valence-electron chi connectivity index (χ2n) is 7.43. The summed E-state index contributed by atoms with van der Waals surface area (Å²) < 4.78 is 41.1. The van der Waals surface area contributed by atoms with Crippen molar-refractivity contribution in [1.29, 1.82) is 0 Å². The van der Waals surface area contributed by atoms with Gasteiger partial charge in [-0.05, 0) is 59.7 Å². The van der Waals surface area contributed by atoms with Gasteiger partial charge in [-0.25, -0.2) is 0 Å². The molecule has 0 saturated heterocycles. The molecular weight excluding hydrogens is 476 g/mol. The smallest absolute Gasteiger partial charge is 0.328 e. The maximum Gasteiger partial charge on any atom is 0.417 e. The number of allylic oxidation sites excluding steroid dienone is 2. The fraction of sp³-hybridized carbons (Fsp3) is 0.125. The number of ketones is 1. The van der Waals surface area contributed by atoms with Crippen molar-refractivity contribution < 1.29 is 22.8 Å². The molecule has 33 heavy (non-hydrogen) atoms. The molecule has 4 nitrogen and oxygen atoms in total. The Labute approximate surface area is 197 Å². The first-order valence-corrected chi connectivity index (χ1v) is 10.5. The maximum atomic E-state index is 13.7. The molecule has 3 aromatic rings. The molecule has 168 valence electrons. The van der Waals surface area contributed by atoms with Crippen molar-refractivity contribution in [2.24, 2.45) is 0 Å². The average Bonchev–Trinajstić information content (AvgIpc) is 3.05. The lowest BCUT2D eigenvalue weighted by Gasteiger charge is -2.14. The summed E-state index contributed by atoms with van der Waals surface area (Å²) in [5.41, 5.74) is 0.235. The molecular formula is C24H15Cl2F3N2O2. The van der Waals surface area contributed by atoms with Crippen molar-refractivity contribution >= 4 is 40.5 Å². The molecule has 0 saturated carbocycles. The highest BCUT2D eigenvalue weighted by Crippen LogP contribution is 2.36. The largest absolute Gasteiger partial charge is 0.417 e. The van der Waals surface area contributed by atoms with Crippen LogP contribution in [0.25, 0.3) is 5.57 Å². The van der Waals surface area contributed by atoms with Gasteiger partial charge in [-0.15, -0.1) is 0 Å². The SMILES string of the molecule is O=C(/C=C(\c1cc(Cl)cc(Cl)c1)C(F)(F)F)c1ccc2c(c1)CN(Cc1ccccn1)C2=O. The van der Waals surface area contributed by atoms with Crippen molar-refractivity contribution in [3.8, 4) is 0 Å². The van der Waals surface area contributed by atoms with Crippen molar-refractivity contribution in [3.63, 3.8) is 0 Å². The van der Waals surface area contributed by atoms with Crippen LogP contribution in [0.5, 0.6) is 0 Å². The highest BCUT2D eigenvalue weighted by Gasteiger charge is 2.36. The average molecular weight is 491 g/mol. The predicted molar refractivity (Wildman–Crippen MR) is 119 cm³/mol. The number of fused-ring (bicyclic) bond motifs is 1. The molecule has 4 rings (SSSR count). The topological polar surface area (TPSA) is 50.3 Å². The van der Waals surface area contributed by atoms with E-state index in [0.29, 0.717) is 22.9 Å². The molecule has 2 heterocycles. The molecule has 1 aromatic heterocycles. The first kappa shape index (κ1) is 23.0. The summed E-state index contributed by atoms with van der Waals surface area (Å²) >= 11 is 11.7. The van der Waals surface area contributed by atoms with Gasteiger partial charge in [-0.3, -0.25) is 14.6 Å². The summed E-state index contributed by atoms with van der Waals surface area (Å²) in [5.74, 6) is -1.08. The Balaban J connectivity index is 1.62. The fourth-order valence-corrected chi connectivity index (χ4v) is 4.13. The summed E-state index contributed by atoms with van der Waals surface area (Å²) in [6.07, 6.45) is -2.67. The third-order valence-corrected chi connectivity index (χ3v) is 5.54. The van der Waals surface area contributed by atoms with Gasteiger partial charge in [-0.1, -0.05) is 35.3 Å². The van der Waals surface area contributed by atoms with Gasteiger partial charge in [0.2, 0.25) is 0 Å². The molecule has 0 atom stereocenters. The number of amides is 1. The van der Waals surface area contributed by atoms with Gasteiger partial charge < -0.3 is 4.90 Å². The Kier molecular flexibility index (Phi) is 6.28. The quantitative estimate of drug-likeness (QED) is 0.308. The van der Waals surface area contributed by atoms with Crippen LogP contribution in [-0.2, 0) is 13.1 Å². The Morgan fingerprint density at radius 1 is 1.03 bits per heavy atom. The zero-order valence-electron chi connectivity index (χ0n) is 16.9. The number of hydrogen-bond donors (Lipinski definition) is 0. The first-order chi connectivity index (χ1) is 15.6. The number of aromatic nitrogens is 1. The maximum absolute atomic E-state index is 13.7. The van der Waals surface area contributed by atoms with E-state index in [4.69, 9.17) is 23.2 Å². The first-order valence-electron chi connectivity index (χ1n) is 9.73. The van der Waals surface area contributed by atoms with Crippen molar-refractivity contribution in [2.75, 3.05) is 0 Å². The van der Waals surface area contributed by atoms with Gasteiger partial charge in [-0.2, -0.15) is 13.2 Å².